The second-order valence-corrected chi connectivity index (χ2v) is 3.96. The van der Waals surface area contributed by atoms with Gasteiger partial charge in [0.25, 0.3) is 6.43 Å². The van der Waals surface area contributed by atoms with E-state index in [0.717, 1.165) is 0 Å². The van der Waals surface area contributed by atoms with Crippen LogP contribution in [0.1, 0.15) is 17.7 Å². The van der Waals surface area contributed by atoms with Gasteiger partial charge in [-0.25, -0.2) is 13.8 Å². The molecule has 0 saturated heterocycles. The van der Waals surface area contributed by atoms with E-state index in [2.05, 4.69) is 36.8 Å². The fraction of sp³-hybridized carbons (Fsp3) is 0.286. The minimum absolute atomic E-state index is 0.0623. The zero-order valence-electron chi connectivity index (χ0n) is 6.20. The van der Waals surface area contributed by atoms with Gasteiger partial charge < -0.3 is 0 Å². The van der Waals surface area contributed by atoms with Gasteiger partial charge in [-0.05, 0) is 27.6 Å². The van der Waals surface area contributed by atoms with E-state index in [1.54, 1.807) is 0 Å². The van der Waals surface area contributed by atoms with Crippen molar-refractivity contribution in [1.29, 1.82) is 0 Å². The Kier molecular flexibility index (Phi) is 4.06. The molecule has 1 aromatic heterocycles. The lowest BCUT2D eigenvalue weighted by atomic mass is 10.2. The van der Waals surface area contributed by atoms with E-state index in [4.69, 9.17) is 11.6 Å². The first-order chi connectivity index (χ1) is 6.06. The number of nitrogens with zero attached hydrogens (tertiary/aromatic N) is 1. The smallest absolute Gasteiger partial charge is 0.234 e. The minimum atomic E-state index is -2.59. The van der Waals surface area contributed by atoms with Crippen molar-refractivity contribution in [1.82, 2.24) is 4.98 Å². The first kappa shape index (κ1) is 11.3. The first-order valence-corrected chi connectivity index (χ1v) is 5.54. The van der Waals surface area contributed by atoms with Gasteiger partial charge in [-0.15, -0.1) is 0 Å². The summed E-state index contributed by atoms with van der Waals surface area (Å²) in [5.41, 5.74) is 0.359. The van der Waals surface area contributed by atoms with Gasteiger partial charge in [-0.2, -0.15) is 0 Å². The highest BCUT2D eigenvalue weighted by Crippen LogP contribution is 2.30. The van der Waals surface area contributed by atoms with Crippen molar-refractivity contribution >= 4 is 43.5 Å². The van der Waals surface area contributed by atoms with Crippen LogP contribution < -0.4 is 0 Å². The highest BCUT2D eigenvalue weighted by Gasteiger charge is 2.14. The molecule has 1 heterocycles. The standard InChI is InChI=1S/C7H4Br2ClF2N/c8-2-3-1-4(7(11)12)13-6(10)5(3)9/h1,7H,2H2. The van der Waals surface area contributed by atoms with E-state index in [1.807, 2.05) is 0 Å². The molecule has 0 aromatic carbocycles. The molecule has 0 radical (unpaired) electrons. The summed E-state index contributed by atoms with van der Waals surface area (Å²) < 4.78 is 25.0. The van der Waals surface area contributed by atoms with E-state index in [0.29, 0.717) is 15.4 Å². The summed E-state index contributed by atoms with van der Waals surface area (Å²) in [4.78, 5) is 3.53. The molecule has 0 fully saturated rings. The van der Waals surface area contributed by atoms with Crippen molar-refractivity contribution in [3.8, 4) is 0 Å². The van der Waals surface area contributed by atoms with Gasteiger partial charge in [0.2, 0.25) is 0 Å². The molecular formula is C7H4Br2ClF2N. The second kappa shape index (κ2) is 4.66. The summed E-state index contributed by atoms with van der Waals surface area (Å²) in [5, 5.41) is 0.516. The Morgan fingerprint density at radius 2 is 2.15 bits per heavy atom. The molecule has 0 bridgehead atoms. The van der Waals surface area contributed by atoms with Gasteiger partial charge in [-0.3, -0.25) is 0 Å². The van der Waals surface area contributed by atoms with Crippen molar-refractivity contribution in [2.75, 3.05) is 0 Å². The van der Waals surface area contributed by atoms with Crippen LogP contribution in [0.15, 0.2) is 10.5 Å². The van der Waals surface area contributed by atoms with Crippen molar-refractivity contribution in [2.24, 2.45) is 0 Å². The fourth-order valence-corrected chi connectivity index (χ4v) is 2.16. The summed E-state index contributed by atoms with van der Waals surface area (Å²) in [6.45, 7) is 0. The summed E-state index contributed by atoms with van der Waals surface area (Å²) in [6, 6.07) is 1.31. The lowest BCUT2D eigenvalue weighted by molar-refractivity contribution is 0.146. The van der Waals surface area contributed by atoms with E-state index < -0.39 is 6.43 Å². The Hall–Kier alpha value is 0.260. The van der Waals surface area contributed by atoms with Gasteiger partial charge in [0, 0.05) is 5.33 Å². The highest BCUT2D eigenvalue weighted by molar-refractivity contribution is 9.10. The Balaban J connectivity index is 3.22. The zero-order valence-corrected chi connectivity index (χ0v) is 10.1. The maximum Gasteiger partial charge on any atom is 0.280 e. The van der Waals surface area contributed by atoms with Gasteiger partial charge in [0.05, 0.1) is 4.47 Å². The third-order valence-corrected chi connectivity index (χ3v) is 3.37. The molecule has 0 aliphatic carbocycles. The van der Waals surface area contributed by atoms with Crippen LogP contribution in [0.4, 0.5) is 8.78 Å². The molecule has 0 saturated carbocycles. The molecular weight excluding hydrogens is 331 g/mol. The Morgan fingerprint density at radius 1 is 1.54 bits per heavy atom. The molecule has 1 nitrogen and oxygen atoms in total. The zero-order chi connectivity index (χ0) is 10.0. The topological polar surface area (TPSA) is 12.9 Å². The molecule has 0 unspecified atom stereocenters. The molecule has 0 aliphatic rings. The number of rotatable bonds is 2. The van der Waals surface area contributed by atoms with Gasteiger partial charge in [-0.1, -0.05) is 27.5 Å². The monoisotopic (exact) mass is 333 g/mol. The van der Waals surface area contributed by atoms with Crippen molar-refractivity contribution in [3.05, 3.63) is 26.9 Å². The minimum Gasteiger partial charge on any atom is -0.234 e. The number of hydrogen-bond donors (Lipinski definition) is 0. The van der Waals surface area contributed by atoms with Crippen LogP contribution >= 0.6 is 43.5 Å². The molecule has 6 heteroatoms. The molecule has 1 rings (SSSR count). The Morgan fingerprint density at radius 3 is 2.62 bits per heavy atom. The maximum absolute atomic E-state index is 12.2. The quantitative estimate of drug-likeness (QED) is 0.579. The third kappa shape index (κ3) is 2.60. The lowest BCUT2D eigenvalue weighted by Gasteiger charge is -2.05. The first-order valence-electron chi connectivity index (χ1n) is 3.25. The predicted octanol–water partition coefficient (Wildman–Crippen LogP) is 4.33. The SMILES string of the molecule is FC(F)c1cc(CBr)c(Br)c(Cl)n1. The normalized spacial score (nSPS) is 10.9. The van der Waals surface area contributed by atoms with Crippen LogP contribution in [-0.2, 0) is 5.33 Å². The predicted molar refractivity (Wildman–Crippen MR) is 54.5 cm³/mol. The summed E-state index contributed by atoms with van der Waals surface area (Å²) in [7, 11) is 0. The van der Waals surface area contributed by atoms with Crippen LogP contribution in [0.25, 0.3) is 0 Å². The average Bonchev–Trinajstić information content (AvgIpc) is 2.09. The van der Waals surface area contributed by atoms with Crippen LogP contribution in [0.2, 0.25) is 5.15 Å². The highest BCUT2D eigenvalue weighted by atomic mass is 79.9. The fourth-order valence-electron chi connectivity index (χ4n) is 0.778. The summed E-state index contributed by atoms with van der Waals surface area (Å²) in [6.07, 6.45) is -2.59. The van der Waals surface area contributed by atoms with Crippen molar-refractivity contribution in [3.63, 3.8) is 0 Å². The van der Waals surface area contributed by atoms with Crippen LogP contribution in [0.3, 0.4) is 0 Å². The molecule has 72 valence electrons. The Labute approximate surface area is 95.8 Å². The number of halogens is 5. The van der Waals surface area contributed by atoms with Gasteiger partial charge in [0.1, 0.15) is 10.8 Å². The third-order valence-electron chi connectivity index (χ3n) is 1.38. The Bertz CT molecular complexity index is 320. The number of alkyl halides is 3. The largest absolute Gasteiger partial charge is 0.280 e. The average molecular weight is 335 g/mol. The molecule has 13 heavy (non-hydrogen) atoms. The number of pyridine rings is 1. The van der Waals surface area contributed by atoms with Crippen LogP contribution in [-0.4, -0.2) is 4.98 Å². The molecule has 0 spiro atoms. The van der Waals surface area contributed by atoms with E-state index in [1.165, 1.54) is 6.07 Å². The van der Waals surface area contributed by atoms with Crippen LogP contribution in [0, 0.1) is 0 Å². The maximum atomic E-state index is 12.2. The molecule has 0 amide bonds. The summed E-state index contributed by atoms with van der Waals surface area (Å²) in [5.74, 6) is 0. The molecule has 0 N–H and O–H groups in total. The molecule has 0 atom stereocenters. The van der Waals surface area contributed by atoms with Crippen LogP contribution in [0.5, 0.6) is 0 Å². The molecule has 1 aromatic rings. The molecule has 0 aliphatic heterocycles. The van der Waals surface area contributed by atoms with E-state index in [-0.39, 0.29) is 10.8 Å². The number of aromatic nitrogens is 1. The van der Waals surface area contributed by atoms with E-state index >= 15 is 0 Å². The van der Waals surface area contributed by atoms with E-state index in [9.17, 15) is 8.78 Å². The summed E-state index contributed by atoms with van der Waals surface area (Å²) >= 11 is 11.9. The van der Waals surface area contributed by atoms with Gasteiger partial charge in [0.15, 0.2) is 0 Å². The van der Waals surface area contributed by atoms with Crippen molar-refractivity contribution in [2.45, 2.75) is 11.8 Å². The van der Waals surface area contributed by atoms with Crippen molar-refractivity contribution < 1.29 is 8.78 Å². The number of hydrogen-bond acceptors (Lipinski definition) is 1. The second-order valence-electron chi connectivity index (χ2n) is 2.25. The lowest BCUT2D eigenvalue weighted by Crippen LogP contribution is -1.94. The van der Waals surface area contributed by atoms with Gasteiger partial charge >= 0.3 is 0 Å².